The maximum Gasteiger partial charge on any atom is 0.274 e. The number of aromatic nitrogens is 2. The zero-order valence-corrected chi connectivity index (χ0v) is 20.1. The van der Waals surface area contributed by atoms with Crippen LogP contribution in [0.2, 0.25) is 15.1 Å². The first kappa shape index (κ1) is 24.3. The van der Waals surface area contributed by atoms with Gasteiger partial charge in [-0.2, -0.15) is 5.10 Å². The quantitative estimate of drug-likeness (QED) is 0.327. The van der Waals surface area contributed by atoms with Crippen LogP contribution < -0.4 is 4.74 Å². The number of halogens is 3. The number of hydrogen-bond donors (Lipinski definition) is 0. The van der Waals surface area contributed by atoms with Crippen LogP contribution in [0.3, 0.4) is 0 Å². The molecule has 34 heavy (non-hydrogen) atoms. The molecule has 0 atom stereocenters. The first-order chi connectivity index (χ1) is 16.3. The van der Waals surface area contributed by atoms with E-state index in [4.69, 9.17) is 39.5 Å². The Bertz CT molecular complexity index is 1210. The third-order valence-electron chi connectivity index (χ3n) is 5.39. The standard InChI is InChI=1S/C22H20Cl3N5O4/c23-17-3-1-15(11-18(17)24)13-27-7-9-28(10-8-27)22(31)20-5-6-29(26-20)14-34-21-4-2-16(30(32)33)12-19(21)25/h1-6,11-12H,7-10,13-14H2. The summed E-state index contributed by atoms with van der Waals surface area (Å²) in [6.45, 7) is 3.37. The molecule has 0 unspecified atom stereocenters. The molecule has 2 heterocycles. The summed E-state index contributed by atoms with van der Waals surface area (Å²) in [6.07, 6.45) is 1.63. The van der Waals surface area contributed by atoms with Gasteiger partial charge in [-0.05, 0) is 29.8 Å². The summed E-state index contributed by atoms with van der Waals surface area (Å²) >= 11 is 18.1. The second-order valence-electron chi connectivity index (χ2n) is 7.70. The summed E-state index contributed by atoms with van der Waals surface area (Å²) < 4.78 is 7.04. The van der Waals surface area contributed by atoms with E-state index >= 15 is 0 Å². The van der Waals surface area contributed by atoms with Crippen LogP contribution in [0.1, 0.15) is 16.1 Å². The van der Waals surface area contributed by atoms with E-state index in [1.807, 2.05) is 12.1 Å². The van der Waals surface area contributed by atoms with E-state index in [-0.39, 0.29) is 29.1 Å². The number of nitro groups is 1. The summed E-state index contributed by atoms with van der Waals surface area (Å²) in [4.78, 5) is 27.2. The van der Waals surface area contributed by atoms with E-state index in [1.54, 1.807) is 23.2 Å². The average molecular weight is 525 g/mol. The molecule has 2 aromatic carbocycles. The molecule has 0 saturated carbocycles. The molecule has 0 spiro atoms. The summed E-state index contributed by atoms with van der Waals surface area (Å²) in [5.41, 5.74) is 1.26. The molecule has 178 valence electrons. The highest BCUT2D eigenvalue weighted by Gasteiger charge is 2.24. The molecule has 0 N–H and O–H groups in total. The van der Waals surface area contributed by atoms with Crippen LogP contribution in [-0.2, 0) is 13.3 Å². The van der Waals surface area contributed by atoms with Crippen molar-refractivity contribution in [2.75, 3.05) is 26.2 Å². The van der Waals surface area contributed by atoms with Gasteiger partial charge in [-0.3, -0.25) is 19.8 Å². The summed E-state index contributed by atoms with van der Waals surface area (Å²) in [5, 5.41) is 16.3. The number of amides is 1. The number of hydrogen-bond acceptors (Lipinski definition) is 6. The van der Waals surface area contributed by atoms with Crippen molar-refractivity contribution >= 4 is 46.4 Å². The SMILES string of the molecule is O=C(c1ccn(COc2ccc([N+](=O)[O-])cc2Cl)n1)N1CCN(Cc2ccc(Cl)c(Cl)c2)CC1. The van der Waals surface area contributed by atoms with Crippen LogP contribution >= 0.6 is 34.8 Å². The number of nitrogens with zero attached hydrogens (tertiary/aromatic N) is 5. The molecule has 0 aliphatic carbocycles. The smallest absolute Gasteiger partial charge is 0.274 e. The molecule has 1 aliphatic rings. The Kier molecular flexibility index (Phi) is 7.57. The van der Waals surface area contributed by atoms with Crippen molar-refractivity contribution in [2.24, 2.45) is 0 Å². The Labute approximate surface area is 210 Å². The second-order valence-corrected chi connectivity index (χ2v) is 8.92. The summed E-state index contributed by atoms with van der Waals surface area (Å²) in [7, 11) is 0. The van der Waals surface area contributed by atoms with Crippen LogP contribution in [0.15, 0.2) is 48.7 Å². The van der Waals surface area contributed by atoms with Crippen molar-refractivity contribution in [2.45, 2.75) is 13.3 Å². The predicted octanol–water partition coefficient (Wildman–Crippen LogP) is 4.75. The average Bonchev–Trinajstić information content (AvgIpc) is 3.29. The van der Waals surface area contributed by atoms with Gasteiger partial charge in [0.1, 0.15) is 5.75 Å². The number of nitro benzene ring substituents is 1. The highest BCUT2D eigenvalue weighted by Crippen LogP contribution is 2.29. The van der Waals surface area contributed by atoms with Gasteiger partial charge in [0.05, 0.1) is 20.0 Å². The van der Waals surface area contributed by atoms with E-state index in [0.29, 0.717) is 28.8 Å². The maximum atomic E-state index is 12.9. The Balaban J connectivity index is 1.29. The first-order valence-corrected chi connectivity index (χ1v) is 11.5. The van der Waals surface area contributed by atoms with Crippen molar-refractivity contribution in [3.8, 4) is 5.75 Å². The van der Waals surface area contributed by atoms with Crippen molar-refractivity contribution < 1.29 is 14.5 Å². The van der Waals surface area contributed by atoms with Gasteiger partial charge in [-0.25, -0.2) is 4.68 Å². The molecule has 0 bridgehead atoms. The zero-order chi connectivity index (χ0) is 24.2. The molecule has 9 nitrogen and oxygen atoms in total. The number of non-ortho nitro benzene ring substituents is 1. The summed E-state index contributed by atoms with van der Waals surface area (Å²) in [5.74, 6) is 0.134. The van der Waals surface area contributed by atoms with E-state index in [2.05, 4.69) is 10.00 Å². The maximum absolute atomic E-state index is 12.9. The minimum absolute atomic E-state index is 0.00222. The number of rotatable bonds is 7. The van der Waals surface area contributed by atoms with Gasteiger partial charge in [0.15, 0.2) is 12.4 Å². The molecule has 4 rings (SSSR count). The molecule has 3 aromatic rings. The van der Waals surface area contributed by atoms with Crippen molar-refractivity contribution in [1.29, 1.82) is 0 Å². The van der Waals surface area contributed by atoms with Crippen molar-refractivity contribution in [3.63, 3.8) is 0 Å². The van der Waals surface area contributed by atoms with Gasteiger partial charge < -0.3 is 9.64 Å². The van der Waals surface area contributed by atoms with Crippen molar-refractivity contribution in [3.05, 3.63) is 85.1 Å². The Morgan fingerprint density at radius 1 is 1.00 bits per heavy atom. The van der Waals surface area contributed by atoms with Crippen molar-refractivity contribution in [1.82, 2.24) is 19.6 Å². The molecule has 1 aromatic heterocycles. The normalized spacial score (nSPS) is 14.3. The minimum atomic E-state index is -0.534. The molecule has 1 amide bonds. The number of benzene rings is 2. The van der Waals surface area contributed by atoms with Gasteiger partial charge in [-0.15, -0.1) is 0 Å². The van der Waals surface area contributed by atoms with E-state index in [9.17, 15) is 14.9 Å². The lowest BCUT2D eigenvalue weighted by Gasteiger charge is -2.34. The molecule has 1 fully saturated rings. The molecule has 1 saturated heterocycles. The van der Waals surface area contributed by atoms with Crippen LogP contribution in [0.4, 0.5) is 5.69 Å². The molecule has 12 heteroatoms. The fraction of sp³-hybridized carbons (Fsp3) is 0.273. The second kappa shape index (κ2) is 10.6. The lowest BCUT2D eigenvalue weighted by molar-refractivity contribution is -0.384. The molecule has 1 aliphatic heterocycles. The number of carbonyl (C=O) groups is 1. The highest BCUT2D eigenvalue weighted by molar-refractivity contribution is 6.42. The monoisotopic (exact) mass is 523 g/mol. The summed E-state index contributed by atoms with van der Waals surface area (Å²) in [6, 6.07) is 11.2. The zero-order valence-electron chi connectivity index (χ0n) is 17.9. The van der Waals surface area contributed by atoms with Crippen LogP contribution in [0.25, 0.3) is 0 Å². The van der Waals surface area contributed by atoms with Gasteiger partial charge in [0.2, 0.25) is 0 Å². The molecular weight excluding hydrogens is 505 g/mol. The Morgan fingerprint density at radius 3 is 2.44 bits per heavy atom. The lowest BCUT2D eigenvalue weighted by Crippen LogP contribution is -2.48. The van der Waals surface area contributed by atoms with E-state index < -0.39 is 4.92 Å². The lowest BCUT2D eigenvalue weighted by atomic mass is 10.2. The highest BCUT2D eigenvalue weighted by atomic mass is 35.5. The van der Waals surface area contributed by atoms with Gasteiger partial charge >= 0.3 is 0 Å². The van der Waals surface area contributed by atoms with Gasteiger partial charge in [0, 0.05) is 51.1 Å². The van der Waals surface area contributed by atoms with Crippen LogP contribution in [0, 0.1) is 10.1 Å². The third kappa shape index (κ3) is 5.79. The number of ether oxygens (including phenoxy) is 1. The van der Waals surface area contributed by atoms with E-state index in [1.165, 1.54) is 22.9 Å². The number of carbonyl (C=O) groups excluding carboxylic acids is 1. The van der Waals surface area contributed by atoms with Gasteiger partial charge in [0.25, 0.3) is 11.6 Å². The molecular formula is C22H20Cl3N5O4. The number of piperazine rings is 1. The Hall–Kier alpha value is -2.85. The van der Waals surface area contributed by atoms with Crippen LogP contribution in [-0.4, -0.2) is 56.6 Å². The fourth-order valence-electron chi connectivity index (χ4n) is 3.57. The minimum Gasteiger partial charge on any atom is -0.470 e. The predicted molar refractivity (Wildman–Crippen MR) is 129 cm³/mol. The first-order valence-electron chi connectivity index (χ1n) is 10.4. The molecule has 0 radical (unpaired) electrons. The van der Waals surface area contributed by atoms with E-state index in [0.717, 1.165) is 25.2 Å². The van der Waals surface area contributed by atoms with Crippen LogP contribution in [0.5, 0.6) is 5.75 Å². The van der Waals surface area contributed by atoms with Gasteiger partial charge in [-0.1, -0.05) is 40.9 Å². The topological polar surface area (TPSA) is 93.7 Å². The Morgan fingerprint density at radius 2 is 1.76 bits per heavy atom. The third-order valence-corrected chi connectivity index (χ3v) is 6.42. The largest absolute Gasteiger partial charge is 0.470 e. The fourth-order valence-corrected chi connectivity index (χ4v) is 4.12.